The molecule has 0 unspecified atom stereocenters. The van der Waals surface area contributed by atoms with Crippen molar-refractivity contribution in [2.24, 2.45) is 0 Å². The Morgan fingerprint density at radius 2 is 1.89 bits per heavy atom. The zero-order chi connectivity index (χ0) is 27.7. The van der Waals surface area contributed by atoms with Crippen LogP contribution in [-0.2, 0) is 23.0 Å². The number of carbonyl (C=O) groups excluding carboxylic acids is 1. The molecular formula is C27H39N3O6S2. The summed E-state index contributed by atoms with van der Waals surface area (Å²) >= 11 is 0.941. The number of thiophene rings is 1. The van der Waals surface area contributed by atoms with Gasteiger partial charge in [-0.25, -0.2) is 13.2 Å². The number of sulfonamides is 1. The van der Waals surface area contributed by atoms with E-state index in [1.54, 1.807) is 31.2 Å². The third-order valence-corrected chi connectivity index (χ3v) is 10.5. The van der Waals surface area contributed by atoms with Crippen LogP contribution in [0.4, 0.5) is 0 Å². The number of hydrogen-bond acceptors (Lipinski definition) is 7. The number of carboxylic acid groups (broad SMARTS) is 1. The van der Waals surface area contributed by atoms with Crippen molar-refractivity contribution in [3.05, 3.63) is 45.8 Å². The van der Waals surface area contributed by atoms with Crippen molar-refractivity contribution in [3.8, 4) is 5.75 Å². The zero-order valence-electron chi connectivity index (χ0n) is 22.4. The Bertz CT molecular complexity index is 1200. The van der Waals surface area contributed by atoms with E-state index in [-0.39, 0.29) is 28.3 Å². The fourth-order valence-corrected chi connectivity index (χ4v) is 8.19. The lowest BCUT2D eigenvalue weighted by Gasteiger charge is -2.31. The van der Waals surface area contributed by atoms with Crippen LogP contribution in [0.1, 0.15) is 83.5 Å². The number of unbranched alkanes of at least 4 members (excludes halogenated alkanes) is 3. The van der Waals surface area contributed by atoms with Crippen LogP contribution in [0.25, 0.3) is 0 Å². The van der Waals surface area contributed by atoms with Crippen molar-refractivity contribution in [3.63, 3.8) is 0 Å². The van der Waals surface area contributed by atoms with Crippen LogP contribution in [-0.4, -0.2) is 62.5 Å². The minimum absolute atomic E-state index is 0.0315. The van der Waals surface area contributed by atoms with Gasteiger partial charge in [0.15, 0.2) is 0 Å². The number of methoxy groups -OCH3 is 1. The molecule has 1 amide bonds. The molecule has 210 valence electrons. The maximum atomic E-state index is 13.6. The molecule has 1 aromatic carbocycles. The van der Waals surface area contributed by atoms with E-state index in [1.165, 1.54) is 30.7 Å². The number of hydrogen-bond donors (Lipinski definition) is 3. The monoisotopic (exact) mass is 565 g/mol. The Balaban J connectivity index is 1.73. The first-order valence-corrected chi connectivity index (χ1v) is 15.5. The number of ether oxygens (including phenoxy) is 1. The van der Waals surface area contributed by atoms with E-state index in [0.29, 0.717) is 54.1 Å². The molecule has 0 saturated carbocycles. The van der Waals surface area contributed by atoms with E-state index in [2.05, 4.69) is 17.6 Å². The average Bonchev–Trinajstić information content (AvgIpc) is 3.31. The highest BCUT2D eigenvalue weighted by Gasteiger charge is 2.36. The maximum Gasteiger partial charge on any atom is 0.338 e. The first-order chi connectivity index (χ1) is 18.2. The van der Waals surface area contributed by atoms with E-state index < -0.39 is 16.0 Å². The topological polar surface area (TPSA) is 125 Å². The second-order valence-electron chi connectivity index (χ2n) is 9.43. The van der Waals surface area contributed by atoms with Gasteiger partial charge in [-0.3, -0.25) is 4.79 Å². The van der Waals surface area contributed by atoms with Gasteiger partial charge < -0.3 is 20.5 Å². The molecule has 3 rings (SSSR count). The van der Waals surface area contributed by atoms with Crippen molar-refractivity contribution in [1.29, 1.82) is 0 Å². The van der Waals surface area contributed by atoms with Gasteiger partial charge in [-0.2, -0.15) is 4.31 Å². The van der Waals surface area contributed by atoms with Crippen LogP contribution in [0.15, 0.2) is 28.5 Å². The first-order valence-electron chi connectivity index (χ1n) is 13.3. The van der Waals surface area contributed by atoms with Crippen molar-refractivity contribution < 1.29 is 27.9 Å². The minimum Gasteiger partial charge on any atom is -0.497 e. The van der Waals surface area contributed by atoms with Gasteiger partial charge >= 0.3 is 5.97 Å². The molecule has 1 aliphatic rings. The lowest BCUT2D eigenvalue weighted by molar-refractivity contribution is 0.0692. The molecule has 2 heterocycles. The van der Waals surface area contributed by atoms with Gasteiger partial charge in [0.1, 0.15) is 9.96 Å². The number of rotatable bonds is 14. The lowest BCUT2D eigenvalue weighted by atomic mass is 10.1. The fourth-order valence-electron chi connectivity index (χ4n) is 4.70. The predicted molar refractivity (Wildman–Crippen MR) is 149 cm³/mol. The number of nitrogens with one attached hydrogen (secondary N) is 2. The molecule has 0 bridgehead atoms. The Morgan fingerprint density at radius 3 is 2.53 bits per heavy atom. The highest BCUT2D eigenvalue weighted by molar-refractivity contribution is 7.91. The smallest absolute Gasteiger partial charge is 0.338 e. The van der Waals surface area contributed by atoms with Gasteiger partial charge in [0.2, 0.25) is 0 Å². The van der Waals surface area contributed by atoms with Gasteiger partial charge in [-0.15, -0.1) is 11.3 Å². The van der Waals surface area contributed by atoms with E-state index in [9.17, 15) is 23.1 Å². The van der Waals surface area contributed by atoms with E-state index in [4.69, 9.17) is 4.74 Å². The van der Waals surface area contributed by atoms with Crippen LogP contribution in [0, 0.1) is 0 Å². The van der Waals surface area contributed by atoms with Crippen LogP contribution in [0.2, 0.25) is 0 Å². The summed E-state index contributed by atoms with van der Waals surface area (Å²) in [6, 6.07) is 6.95. The summed E-state index contributed by atoms with van der Waals surface area (Å²) in [5, 5.41) is 16.3. The SMILES string of the molecule is CCCCCCNC1CCN(S(=O)(=O)c2sc(CNC(=O)c3cccc(OC)c3)c(CC)c2C(=O)O)CC1. The second kappa shape index (κ2) is 14.1. The Morgan fingerprint density at radius 1 is 1.16 bits per heavy atom. The number of aromatic carboxylic acids is 1. The lowest BCUT2D eigenvalue weighted by Crippen LogP contribution is -2.45. The second-order valence-corrected chi connectivity index (χ2v) is 12.7. The normalized spacial score (nSPS) is 14.9. The molecular weight excluding hydrogens is 526 g/mol. The average molecular weight is 566 g/mol. The zero-order valence-corrected chi connectivity index (χ0v) is 24.1. The van der Waals surface area contributed by atoms with Crippen LogP contribution in [0.5, 0.6) is 5.75 Å². The van der Waals surface area contributed by atoms with E-state index in [0.717, 1.165) is 24.3 Å². The minimum atomic E-state index is -3.99. The van der Waals surface area contributed by atoms with Gasteiger partial charge in [0.25, 0.3) is 15.9 Å². The molecule has 9 nitrogen and oxygen atoms in total. The summed E-state index contributed by atoms with van der Waals surface area (Å²) in [4.78, 5) is 25.5. The largest absolute Gasteiger partial charge is 0.497 e. The van der Waals surface area contributed by atoms with Crippen molar-refractivity contribution >= 4 is 33.2 Å². The molecule has 1 fully saturated rings. The molecule has 11 heteroatoms. The summed E-state index contributed by atoms with van der Waals surface area (Å²) < 4.78 is 33.6. The number of carboxylic acids is 1. The van der Waals surface area contributed by atoms with E-state index >= 15 is 0 Å². The molecule has 0 radical (unpaired) electrons. The third kappa shape index (κ3) is 7.34. The molecule has 1 saturated heterocycles. The first kappa shape index (κ1) is 30.1. The van der Waals surface area contributed by atoms with E-state index in [1.807, 2.05) is 0 Å². The Kier molecular flexibility index (Phi) is 11.1. The van der Waals surface area contributed by atoms with Crippen molar-refractivity contribution in [2.75, 3.05) is 26.7 Å². The number of carbonyl (C=O) groups is 2. The van der Waals surface area contributed by atoms with Crippen LogP contribution >= 0.6 is 11.3 Å². The molecule has 38 heavy (non-hydrogen) atoms. The van der Waals surface area contributed by atoms with Gasteiger partial charge in [-0.05, 0) is 56.0 Å². The molecule has 0 atom stereocenters. The summed E-state index contributed by atoms with van der Waals surface area (Å²) in [6.45, 7) is 5.61. The van der Waals surface area contributed by atoms with Crippen LogP contribution < -0.4 is 15.4 Å². The highest BCUT2D eigenvalue weighted by atomic mass is 32.2. The molecule has 0 aliphatic carbocycles. The van der Waals surface area contributed by atoms with Crippen molar-refractivity contribution in [2.45, 2.75) is 75.6 Å². The molecule has 1 aliphatic heterocycles. The van der Waals surface area contributed by atoms with Gasteiger partial charge in [0.05, 0.1) is 19.2 Å². The Hall–Kier alpha value is -2.47. The summed E-state index contributed by atoms with van der Waals surface area (Å²) in [5.74, 6) is -1.09. The molecule has 0 spiro atoms. The number of nitrogens with zero attached hydrogens (tertiary/aromatic N) is 1. The molecule has 2 aromatic rings. The number of benzene rings is 1. The quantitative estimate of drug-likeness (QED) is 0.292. The van der Waals surface area contributed by atoms with Crippen LogP contribution in [0.3, 0.4) is 0 Å². The number of piperidine rings is 1. The summed E-state index contributed by atoms with van der Waals surface area (Å²) in [5.41, 5.74) is 0.655. The Labute approximate surface area is 229 Å². The molecule has 3 N–H and O–H groups in total. The van der Waals surface area contributed by atoms with Gasteiger partial charge in [-0.1, -0.05) is 39.2 Å². The fraction of sp³-hybridized carbons (Fsp3) is 0.556. The third-order valence-electron chi connectivity index (χ3n) is 6.86. The standard InChI is InChI=1S/C27H39N3O6S2/c1-4-6-7-8-14-28-20-12-15-30(16-13-20)38(34,35)27-24(26(32)33)22(5-2)23(37-27)18-29-25(31)19-10-9-11-21(17-19)36-3/h9-11,17,20,28H,4-8,12-16,18H2,1-3H3,(H,29,31)(H,32,33). The molecule has 1 aromatic heterocycles. The summed E-state index contributed by atoms with van der Waals surface area (Å²) in [7, 11) is -2.48. The number of amides is 1. The van der Waals surface area contributed by atoms with Gasteiger partial charge in [0, 0.05) is 29.6 Å². The maximum absolute atomic E-state index is 13.6. The summed E-state index contributed by atoms with van der Waals surface area (Å²) in [6.07, 6.45) is 6.41. The predicted octanol–water partition coefficient (Wildman–Crippen LogP) is 4.27. The highest BCUT2D eigenvalue weighted by Crippen LogP contribution is 2.36. The van der Waals surface area contributed by atoms with Crippen molar-refractivity contribution in [1.82, 2.24) is 14.9 Å².